The van der Waals surface area contributed by atoms with Gasteiger partial charge < -0.3 is 20.6 Å². The van der Waals surface area contributed by atoms with Crippen LogP contribution >= 0.6 is 0 Å². The zero-order chi connectivity index (χ0) is 18.5. The number of carboxylic acid groups (broad SMARTS) is 1. The summed E-state index contributed by atoms with van der Waals surface area (Å²) in [6, 6.07) is 21.4. The second-order valence-electron chi connectivity index (χ2n) is 5.59. The second kappa shape index (κ2) is 10.6. The SMILES string of the molecule is COc1cc(NC(=O)c2ccccc2-c2ccccc2)ccc1C(=O)O.[Na+].[OH-]. The van der Waals surface area contributed by atoms with Crippen LogP contribution in [-0.4, -0.2) is 29.6 Å². The number of amides is 1. The van der Waals surface area contributed by atoms with Crippen molar-refractivity contribution in [3.63, 3.8) is 0 Å². The van der Waals surface area contributed by atoms with E-state index < -0.39 is 5.97 Å². The predicted octanol–water partition coefficient (Wildman–Crippen LogP) is 1.14. The van der Waals surface area contributed by atoms with E-state index in [2.05, 4.69) is 5.32 Å². The van der Waals surface area contributed by atoms with Crippen molar-refractivity contribution in [2.24, 2.45) is 0 Å². The maximum absolute atomic E-state index is 12.8. The van der Waals surface area contributed by atoms with Crippen molar-refractivity contribution < 1.29 is 54.5 Å². The smallest absolute Gasteiger partial charge is 0.870 e. The number of nitrogens with one attached hydrogen (secondary N) is 1. The second-order valence-corrected chi connectivity index (χ2v) is 5.59. The first-order chi connectivity index (χ1) is 12.6. The van der Waals surface area contributed by atoms with Gasteiger partial charge in [-0.05, 0) is 29.3 Å². The minimum Gasteiger partial charge on any atom is -0.870 e. The molecule has 0 aliphatic carbocycles. The first-order valence-electron chi connectivity index (χ1n) is 7.97. The third kappa shape index (κ3) is 5.21. The predicted molar refractivity (Wildman–Crippen MR) is 102 cm³/mol. The zero-order valence-corrected chi connectivity index (χ0v) is 17.5. The fraction of sp³-hybridized carbons (Fsp3) is 0.0476. The van der Waals surface area contributed by atoms with Gasteiger partial charge in [0.25, 0.3) is 5.91 Å². The molecule has 0 aromatic heterocycles. The summed E-state index contributed by atoms with van der Waals surface area (Å²) >= 11 is 0. The first kappa shape index (κ1) is 23.4. The van der Waals surface area contributed by atoms with Gasteiger partial charge in [0.05, 0.1) is 7.11 Å². The molecule has 0 unspecified atom stereocenters. The molecule has 0 atom stereocenters. The molecule has 0 radical (unpaired) electrons. The number of hydrogen-bond acceptors (Lipinski definition) is 4. The molecule has 0 spiro atoms. The van der Waals surface area contributed by atoms with Crippen molar-refractivity contribution in [3.8, 4) is 16.9 Å². The Morgan fingerprint density at radius 2 is 1.54 bits per heavy atom. The quantitative estimate of drug-likeness (QED) is 0.639. The van der Waals surface area contributed by atoms with Crippen LogP contribution in [0.25, 0.3) is 11.1 Å². The minimum absolute atomic E-state index is 0. The van der Waals surface area contributed by atoms with Crippen LogP contribution in [0.5, 0.6) is 5.75 Å². The van der Waals surface area contributed by atoms with Gasteiger partial charge in [0.1, 0.15) is 11.3 Å². The number of hydrogen-bond donors (Lipinski definition) is 2. The van der Waals surface area contributed by atoms with Crippen LogP contribution in [0.4, 0.5) is 5.69 Å². The van der Waals surface area contributed by atoms with E-state index in [1.165, 1.54) is 25.3 Å². The van der Waals surface area contributed by atoms with Crippen molar-refractivity contribution in [2.45, 2.75) is 0 Å². The van der Waals surface area contributed by atoms with Crippen LogP contribution in [0.1, 0.15) is 20.7 Å². The number of methoxy groups -OCH3 is 1. The van der Waals surface area contributed by atoms with Crippen molar-refractivity contribution in [1.29, 1.82) is 0 Å². The molecule has 1 amide bonds. The summed E-state index contributed by atoms with van der Waals surface area (Å²) in [5.74, 6) is -1.18. The summed E-state index contributed by atoms with van der Waals surface area (Å²) in [5.41, 5.74) is 2.78. The average Bonchev–Trinajstić information content (AvgIpc) is 2.68. The van der Waals surface area contributed by atoms with Gasteiger partial charge in [-0.2, -0.15) is 0 Å². The van der Waals surface area contributed by atoms with E-state index in [4.69, 9.17) is 9.84 Å². The van der Waals surface area contributed by atoms with Gasteiger partial charge in [-0.25, -0.2) is 4.79 Å². The Balaban J connectivity index is 0.00000196. The molecule has 28 heavy (non-hydrogen) atoms. The first-order valence-corrected chi connectivity index (χ1v) is 7.97. The Labute approximate surface area is 184 Å². The zero-order valence-electron chi connectivity index (χ0n) is 15.5. The number of anilines is 1. The number of rotatable bonds is 5. The van der Waals surface area contributed by atoms with Crippen LogP contribution in [-0.2, 0) is 0 Å². The Morgan fingerprint density at radius 3 is 2.18 bits per heavy atom. The normalized spacial score (nSPS) is 9.46. The average molecular weight is 387 g/mol. The summed E-state index contributed by atoms with van der Waals surface area (Å²) in [5, 5.41) is 11.9. The molecule has 0 aliphatic heterocycles. The Hall–Kier alpha value is -2.64. The molecule has 0 bridgehead atoms. The number of ether oxygens (including phenoxy) is 1. The molecule has 0 saturated heterocycles. The summed E-state index contributed by atoms with van der Waals surface area (Å²) < 4.78 is 5.10. The number of aromatic carboxylic acids is 1. The van der Waals surface area contributed by atoms with Crippen molar-refractivity contribution >= 4 is 17.6 Å². The van der Waals surface area contributed by atoms with Gasteiger partial charge in [-0.15, -0.1) is 0 Å². The molecule has 6 nitrogen and oxygen atoms in total. The molecule has 0 aliphatic rings. The van der Waals surface area contributed by atoms with Gasteiger partial charge in [0.15, 0.2) is 0 Å². The molecule has 0 saturated carbocycles. The van der Waals surface area contributed by atoms with Crippen LogP contribution < -0.4 is 39.6 Å². The fourth-order valence-electron chi connectivity index (χ4n) is 2.69. The molecule has 3 aromatic carbocycles. The fourth-order valence-corrected chi connectivity index (χ4v) is 2.69. The number of carbonyl (C=O) groups excluding carboxylic acids is 1. The number of carbonyl (C=O) groups is 2. The summed E-state index contributed by atoms with van der Waals surface area (Å²) in [4.78, 5) is 23.9. The largest absolute Gasteiger partial charge is 1.00 e. The molecule has 138 valence electrons. The van der Waals surface area contributed by atoms with Crippen molar-refractivity contribution in [1.82, 2.24) is 0 Å². The van der Waals surface area contributed by atoms with E-state index in [1.54, 1.807) is 12.1 Å². The number of benzene rings is 3. The van der Waals surface area contributed by atoms with Crippen molar-refractivity contribution in [3.05, 3.63) is 83.9 Å². The van der Waals surface area contributed by atoms with Gasteiger partial charge in [0, 0.05) is 17.3 Å². The number of carboxylic acids is 1. The third-order valence-corrected chi connectivity index (χ3v) is 3.95. The van der Waals surface area contributed by atoms with Gasteiger partial charge in [-0.1, -0.05) is 48.5 Å². The molecule has 7 heteroatoms. The van der Waals surface area contributed by atoms with Crippen LogP contribution in [0.2, 0.25) is 0 Å². The monoisotopic (exact) mass is 387 g/mol. The molecule has 3 aromatic rings. The Kier molecular flexibility index (Phi) is 8.88. The maximum atomic E-state index is 12.8. The Morgan fingerprint density at radius 1 is 0.893 bits per heavy atom. The third-order valence-electron chi connectivity index (χ3n) is 3.95. The minimum atomic E-state index is -1.09. The van der Waals surface area contributed by atoms with E-state index in [9.17, 15) is 9.59 Å². The van der Waals surface area contributed by atoms with Crippen LogP contribution in [0, 0.1) is 0 Å². The molecular formula is C21H18NNaO5. The van der Waals surface area contributed by atoms with E-state index in [-0.39, 0.29) is 52.3 Å². The van der Waals surface area contributed by atoms with E-state index in [0.29, 0.717) is 11.3 Å². The summed E-state index contributed by atoms with van der Waals surface area (Å²) in [6.07, 6.45) is 0. The maximum Gasteiger partial charge on any atom is 1.00 e. The van der Waals surface area contributed by atoms with Gasteiger partial charge in [0.2, 0.25) is 0 Å². The van der Waals surface area contributed by atoms with Gasteiger partial charge in [-0.3, -0.25) is 4.79 Å². The van der Waals surface area contributed by atoms with Gasteiger partial charge >= 0.3 is 35.5 Å². The molecule has 0 fully saturated rings. The van der Waals surface area contributed by atoms with E-state index in [1.807, 2.05) is 42.5 Å². The summed E-state index contributed by atoms with van der Waals surface area (Å²) in [7, 11) is 1.39. The topological polar surface area (TPSA) is 106 Å². The summed E-state index contributed by atoms with van der Waals surface area (Å²) in [6.45, 7) is 0. The van der Waals surface area contributed by atoms with Crippen LogP contribution in [0.3, 0.4) is 0 Å². The molecule has 0 heterocycles. The van der Waals surface area contributed by atoms with E-state index in [0.717, 1.165) is 11.1 Å². The molecular weight excluding hydrogens is 369 g/mol. The standard InChI is InChI=1S/C21H17NO4.Na.H2O/c1-26-19-13-15(11-12-18(19)21(24)25)22-20(23)17-10-6-5-9-16(17)14-7-3-2-4-8-14;;/h2-13H,1H3,(H,22,23)(H,24,25);;1H2/q;+1;/p-1. The van der Waals surface area contributed by atoms with Crippen LogP contribution in [0.15, 0.2) is 72.8 Å². The molecule has 3 rings (SSSR count). The van der Waals surface area contributed by atoms with Crippen molar-refractivity contribution in [2.75, 3.05) is 12.4 Å². The molecule has 3 N–H and O–H groups in total. The Bertz CT molecular complexity index is 960. The van der Waals surface area contributed by atoms with E-state index >= 15 is 0 Å².